The minimum atomic E-state index is 0. The van der Waals surface area contributed by atoms with E-state index in [9.17, 15) is 4.79 Å². The molecule has 0 aliphatic carbocycles. The van der Waals surface area contributed by atoms with Crippen molar-refractivity contribution in [2.75, 3.05) is 13.1 Å². The first-order valence-electron chi connectivity index (χ1n) is 5.79. The van der Waals surface area contributed by atoms with E-state index in [4.69, 9.17) is 5.73 Å². The summed E-state index contributed by atoms with van der Waals surface area (Å²) in [5.74, 6) is 0.859. The van der Waals surface area contributed by atoms with Crippen LogP contribution in [0.1, 0.15) is 32.6 Å². The second kappa shape index (κ2) is 7.69. The number of allylic oxidation sites excluding steroid dienone is 1. The van der Waals surface area contributed by atoms with Crippen LogP contribution in [0.5, 0.6) is 0 Å². The zero-order valence-electron chi connectivity index (χ0n) is 10.0. The van der Waals surface area contributed by atoms with Gasteiger partial charge < -0.3 is 10.6 Å². The number of halogens is 1. The van der Waals surface area contributed by atoms with Gasteiger partial charge in [-0.1, -0.05) is 6.08 Å². The minimum absolute atomic E-state index is 0. The molecule has 16 heavy (non-hydrogen) atoms. The van der Waals surface area contributed by atoms with Crippen molar-refractivity contribution in [2.45, 2.75) is 38.6 Å². The van der Waals surface area contributed by atoms with E-state index in [1.165, 1.54) is 0 Å². The second-order valence-corrected chi connectivity index (χ2v) is 4.47. The van der Waals surface area contributed by atoms with Gasteiger partial charge in [-0.25, -0.2) is 0 Å². The number of likely N-dealkylation sites (tertiary alicyclic amines) is 1. The molecule has 1 atom stereocenters. The molecule has 0 radical (unpaired) electrons. The molecule has 1 heterocycles. The van der Waals surface area contributed by atoms with Crippen LogP contribution >= 0.6 is 12.4 Å². The van der Waals surface area contributed by atoms with Crippen molar-refractivity contribution in [3.05, 3.63) is 12.7 Å². The molecule has 4 heteroatoms. The van der Waals surface area contributed by atoms with Crippen molar-refractivity contribution in [3.8, 4) is 0 Å². The first-order chi connectivity index (χ1) is 7.13. The standard InChI is InChI=1S/C12H22N2O.ClH/c1-3-11-6-8-14(9-7-11)12(15)5-4-10(2)13;/h3,10-11H,1,4-9,13H2,2H3;1H. The third kappa shape index (κ3) is 4.99. The summed E-state index contributed by atoms with van der Waals surface area (Å²) in [6.07, 6.45) is 5.52. The Morgan fingerprint density at radius 3 is 2.56 bits per heavy atom. The van der Waals surface area contributed by atoms with Gasteiger partial charge in [-0.05, 0) is 32.1 Å². The molecule has 1 rings (SSSR count). The molecular weight excluding hydrogens is 224 g/mol. The van der Waals surface area contributed by atoms with Crippen molar-refractivity contribution < 1.29 is 4.79 Å². The van der Waals surface area contributed by atoms with Gasteiger partial charge in [-0.3, -0.25) is 4.79 Å². The minimum Gasteiger partial charge on any atom is -0.343 e. The third-order valence-electron chi connectivity index (χ3n) is 3.04. The maximum Gasteiger partial charge on any atom is 0.222 e. The fourth-order valence-corrected chi connectivity index (χ4v) is 1.89. The van der Waals surface area contributed by atoms with Crippen LogP contribution in [0.3, 0.4) is 0 Å². The first kappa shape index (κ1) is 15.5. The van der Waals surface area contributed by atoms with Crippen LogP contribution < -0.4 is 5.73 Å². The lowest BCUT2D eigenvalue weighted by atomic mass is 9.97. The predicted molar refractivity (Wildman–Crippen MR) is 69.6 cm³/mol. The lowest BCUT2D eigenvalue weighted by molar-refractivity contribution is -0.132. The number of hydrogen-bond donors (Lipinski definition) is 1. The van der Waals surface area contributed by atoms with Crippen LogP contribution in [0.15, 0.2) is 12.7 Å². The molecule has 1 amide bonds. The number of carbonyl (C=O) groups excluding carboxylic acids is 1. The summed E-state index contributed by atoms with van der Waals surface area (Å²) in [4.78, 5) is 13.7. The zero-order valence-corrected chi connectivity index (χ0v) is 10.8. The predicted octanol–water partition coefficient (Wildman–Crippen LogP) is 1.96. The lowest BCUT2D eigenvalue weighted by Crippen LogP contribution is -2.38. The summed E-state index contributed by atoms with van der Waals surface area (Å²) < 4.78 is 0. The molecule has 3 nitrogen and oxygen atoms in total. The van der Waals surface area contributed by atoms with Gasteiger partial charge in [0, 0.05) is 25.6 Å². The zero-order chi connectivity index (χ0) is 11.3. The Hall–Kier alpha value is -0.540. The van der Waals surface area contributed by atoms with Crippen LogP contribution in [0.25, 0.3) is 0 Å². The molecule has 1 unspecified atom stereocenters. The molecule has 0 aromatic carbocycles. The average molecular weight is 247 g/mol. The first-order valence-corrected chi connectivity index (χ1v) is 5.79. The highest BCUT2D eigenvalue weighted by Crippen LogP contribution is 2.18. The molecule has 94 valence electrons. The number of rotatable bonds is 4. The Kier molecular flexibility index (Phi) is 7.43. The Balaban J connectivity index is 0.00000225. The van der Waals surface area contributed by atoms with Gasteiger partial charge >= 0.3 is 0 Å². The van der Waals surface area contributed by atoms with Crippen molar-refractivity contribution in [2.24, 2.45) is 11.7 Å². The van der Waals surface area contributed by atoms with E-state index < -0.39 is 0 Å². The SMILES string of the molecule is C=CC1CCN(C(=O)CCC(C)N)CC1.Cl. The van der Waals surface area contributed by atoms with E-state index in [-0.39, 0.29) is 24.4 Å². The van der Waals surface area contributed by atoms with Crippen molar-refractivity contribution in [1.82, 2.24) is 4.90 Å². The van der Waals surface area contributed by atoms with Gasteiger partial charge in [0.15, 0.2) is 0 Å². The van der Waals surface area contributed by atoms with Crippen LogP contribution in [0.2, 0.25) is 0 Å². The van der Waals surface area contributed by atoms with Crippen molar-refractivity contribution in [3.63, 3.8) is 0 Å². The number of nitrogens with zero attached hydrogens (tertiary/aromatic N) is 1. The highest BCUT2D eigenvalue weighted by Gasteiger charge is 2.20. The number of piperidine rings is 1. The van der Waals surface area contributed by atoms with Gasteiger partial charge in [0.05, 0.1) is 0 Å². The van der Waals surface area contributed by atoms with Crippen molar-refractivity contribution in [1.29, 1.82) is 0 Å². The van der Waals surface area contributed by atoms with Gasteiger partial charge in [-0.2, -0.15) is 0 Å². The normalized spacial score (nSPS) is 18.8. The van der Waals surface area contributed by atoms with E-state index in [1.807, 2.05) is 17.9 Å². The summed E-state index contributed by atoms with van der Waals surface area (Å²) in [6, 6.07) is 0.125. The van der Waals surface area contributed by atoms with E-state index >= 15 is 0 Å². The number of nitrogens with two attached hydrogens (primary N) is 1. The summed E-state index contributed by atoms with van der Waals surface area (Å²) in [6.45, 7) is 7.50. The Morgan fingerprint density at radius 2 is 2.12 bits per heavy atom. The van der Waals surface area contributed by atoms with Gasteiger partial charge in [0.1, 0.15) is 0 Å². The third-order valence-corrected chi connectivity index (χ3v) is 3.04. The highest BCUT2D eigenvalue weighted by atomic mass is 35.5. The van der Waals surface area contributed by atoms with Gasteiger partial charge in [0.2, 0.25) is 5.91 Å². The average Bonchev–Trinajstić information content (AvgIpc) is 2.26. The number of carbonyl (C=O) groups is 1. The molecule has 0 saturated carbocycles. The summed E-state index contributed by atoms with van der Waals surface area (Å²) in [5.41, 5.74) is 5.63. The molecule has 1 fully saturated rings. The lowest BCUT2D eigenvalue weighted by Gasteiger charge is -2.30. The van der Waals surface area contributed by atoms with E-state index in [1.54, 1.807) is 0 Å². The molecule has 0 bridgehead atoms. The fourth-order valence-electron chi connectivity index (χ4n) is 1.89. The molecule has 0 spiro atoms. The van der Waals surface area contributed by atoms with Crippen LogP contribution in [-0.4, -0.2) is 29.9 Å². The highest BCUT2D eigenvalue weighted by molar-refractivity contribution is 5.85. The Bertz CT molecular complexity index is 223. The summed E-state index contributed by atoms with van der Waals surface area (Å²) >= 11 is 0. The van der Waals surface area contributed by atoms with Crippen LogP contribution in [0.4, 0.5) is 0 Å². The Morgan fingerprint density at radius 1 is 1.56 bits per heavy atom. The number of hydrogen-bond acceptors (Lipinski definition) is 2. The Labute approximate surface area is 104 Å². The smallest absolute Gasteiger partial charge is 0.222 e. The summed E-state index contributed by atoms with van der Waals surface area (Å²) in [5, 5.41) is 0. The topological polar surface area (TPSA) is 46.3 Å². The van der Waals surface area contributed by atoms with Crippen molar-refractivity contribution >= 4 is 18.3 Å². The number of amides is 1. The van der Waals surface area contributed by atoms with E-state index in [2.05, 4.69) is 6.58 Å². The molecular formula is C12H23ClN2O. The molecule has 1 aliphatic rings. The van der Waals surface area contributed by atoms with Crippen LogP contribution in [-0.2, 0) is 4.79 Å². The molecule has 1 aliphatic heterocycles. The quantitative estimate of drug-likeness (QED) is 0.771. The maximum absolute atomic E-state index is 11.7. The largest absolute Gasteiger partial charge is 0.343 e. The van der Waals surface area contributed by atoms with E-state index in [0.29, 0.717) is 12.3 Å². The maximum atomic E-state index is 11.7. The molecule has 0 aromatic heterocycles. The summed E-state index contributed by atoms with van der Waals surface area (Å²) in [7, 11) is 0. The van der Waals surface area contributed by atoms with E-state index in [0.717, 1.165) is 32.4 Å². The monoisotopic (exact) mass is 246 g/mol. The molecule has 2 N–H and O–H groups in total. The second-order valence-electron chi connectivity index (χ2n) is 4.47. The molecule has 1 saturated heterocycles. The fraction of sp³-hybridized carbons (Fsp3) is 0.750. The van der Waals surface area contributed by atoms with Gasteiger partial charge in [-0.15, -0.1) is 19.0 Å². The van der Waals surface area contributed by atoms with Crippen LogP contribution in [0, 0.1) is 5.92 Å². The van der Waals surface area contributed by atoms with Gasteiger partial charge in [0.25, 0.3) is 0 Å². The molecule has 0 aromatic rings.